The Balaban J connectivity index is 3.23. The van der Waals surface area contributed by atoms with Crippen molar-refractivity contribution < 1.29 is 9.05 Å². The van der Waals surface area contributed by atoms with E-state index in [0.29, 0.717) is 0 Å². The Morgan fingerprint density at radius 1 is 0.765 bits per heavy atom. The molecule has 0 spiro atoms. The molecule has 0 aliphatic carbocycles. The fraction of sp³-hybridized carbons (Fsp3) is 0.929. The van der Waals surface area contributed by atoms with Gasteiger partial charge in [-0.1, -0.05) is 51.9 Å². The Morgan fingerprint density at radius 2 is 1.24 bits per heavy atom. The predicted octanol–water partition coefficient (Wildman–Crippen LogP) is 5.33. The largest absolute Gasteiger partial charge is 0.334 e. The van der Waals surface area contributed by atoms with Gasteiger partial charge in [-0.15, -0.1) is 0 Å². The van der Waals surface area contributed by atoms with E-state index in [1.807, 2.05) is 13.8 Å². The maximum absolute atomic E-state index is 5.58. The summed E-state index contributed by atoms with van der Waals surface area (Å²) in [7, 11) is -0.599. The van der Waals surface area contributed by atoms with Crippen LogP contribution in [0.1, 0.15) is 65.2 Å². The lowest BCUT2D eigenvalue weighted by Crippen LogP contribution is -1.95. The maximum atomic E-state index is 5.58. The minimum Gasteiger partial charge on any atom is -0.334 e. The lowest BCUT2D eigenvalue weighted by atomic mass is 10.1. The topological polar surface area (TPSA) is 18.5 Å². The molecular formula is C14H30O2P. The van der Waals surface area contributed by atoms with Crippen LogP contribution in [-0.4, -0.2) is 19.4 Å². The summed E-state index contributed by atoms with van der Waals surface area (Å²) in [5.41, 5.74) is 0. The predicted molar refractivity (Wildman–Crippen MR) is 77.3 cm³/mol. The molecule has 0 amide bonds. The summed E-state index contributed by atoms with van der Waals surface area (Å²) in [5.74, 6) is 0. The molecule has 17 heavy (non-hydrogen) atoms. The quantitative estimate of drug-likeness (QED) is 0.330. The Labute approximate surface area is 109 Å². The van der Waals surface area contributed by atoms with E-state index in [9.17, 15) is 0 Å². The number of hydrogen-bond donors (Lipinski definition) is 0. The van der Waals surface area contributed by atoms with Crippen LogP contribution in [0.25, 0.3) is 0 Å². The van der Waals surface area contributed by atoms with Gasteiger partial charge in [-0.3, -0.25) is 0 Å². The fourth-order valence-corrected chi connectivity index (χ4v) is 3.15. The molecule has 1 radical (unpaired) electrons. The Morgan fingerprint density at radius 3 is 1.71 bits per heavy atom. The molecule has 0 N–H and O–H groups in total. The van der Waals surface area contributed by atoms with Crippen LogP contribution in [0.15, 0.2) is 0 Å². The van der Waals surface area contributed by atoms with Gasteiger partial charge in [-0.05, 0) is 20.3 Å². The second-order valence-electron chi connectivity index (χ2n) is 4.22. The number of unbranched alkanes of at least 4 members (excludes halogenated alkanes) is 7. The van der Waals surface area contributed by atoms with Crippen LogP contribution in [-0.2, 0) is 9.05 Å². The zero-order valence-electron chi connectivity index (χ0n) is 11.7. The Hall–Kier alpha value is 0.350. The van der Waals surface area contributed by atoms with Gasteiger partial charge in [0.05, 0.1) is 13.2 Å². The smallest absolute Gasteiger partial charge is 0.170 e. The first-order valence-electron chi connectivity index (χ1n) is 7.17. The normalized spacial score (nSPS) is 11.3. The van der Waals surface area contributed by atoms with Gasteiger partial charge in [-0.2, -0.15) is 0 Å². The van der Waals surface area contributed by atoms with Crippen molar-refractivity contribution in [3.63, 3.8) is 0 Å². The molecule has 0 aliphatic heterocycles. The van der Waals surface area contributed by atoms with E-state index in [1.165, 1.54) is 44.9 Å². The van der Waals surface area contributed by atoms with Crippen LogP contribution in [0.3, 0.4) is 0 Å². The van der Waals surface area contributed by atoms with E-state index in [0.717, 1.165) is 25.8 Å². The minimum absolute atomic E-state index is 0.599. The molecule has 0 rings (SSSR count). The van der Waals surface area contributed by atoms with Crippen LogP contribution >= 0.6 is 8.38 Å². The van der Waals surface area contributed by atoms with Crippen molar-refractivity contribution in [1.29, 1.82) is 0 Å². The molecule has 0 aromatic carbocycles. The second-order valence-corrected chi connectivity index (χ2v) is 5.85. The van der Waals surface area contributed by atoms with Crippen molar-refractivity contribution >= 4 is 8.38 Å². The first-order chi connectivity index (χ1) is 8.35. The lowest BCUT2D eigenvalue weighted by Gasteiger charge is -2.15. The molecule has 0 unspecified atom stereocenters. The summed E-state index contributed by atoms with van der Waals surface area (Å²) in [6.07, 6.45) is 11.5. The van der Waals surface area contributed by atoms with Crippen molar-refractivity contribution in [2.24, 2.45) is 0 Å². The highest BCUT2D eigenvalue weighted by molar-refractivity contribution is 7.47. The minimum atomic E-state index is -0.599. The summed E-state index contributed by atoms with van der Waals surface area (Å²) in [6, 6.07) is 0. The van der Waals surface area contributed by atoms with Crippen LogP contribution in [0.5, 0.6) is 0 Å². The molecule has 0 bridgehead atoms. The molecule has 0 aromatic heterocycles. The zero-order valence-corrected chi connectivity index (χ0v) is 12.6. The molecule has 0 atom stereocenters. The first kappa shape index (κ1) is 17.4. The van der Waals surface area contributed by atoms with E-state index in [4.69, 9.17) is 9.05 Å². The van der Waals surface area contributed by atoms with Gasteiger partial charge in [0.15, 0.2) is 8.38 Å². The molecule has 0 saturated heterocycles. The van der Waals surface area contributed by atoms with E-state index in [1.54, 1.807) is 0 Å². The van der Waals surface area contributed by atoms with Gasteiger partial charge < -0.3 is 9.05 Å². The molecule has 103 valence electrons. The standard InChI is InChI=1S/C14H30O2P/c1-4-7-8-9-10-11-12-13-14-17(15-5-2)16-6-3/h1,4-14H2,2-3H3. The molecular weight excluding hydrogens is 231 g/mol. The van der Waals surface area contributed by atoms with Gasteiger partial charge in [0.1, 0.15) is 0 Å². The molecule has 2 nitrogen and oxygen atoms in total. The summed E-state index contributed by atoms with van der Waals surface area (Å²) >= 11 is 0. The zero-order chi connectivity index (χ0) is 12.8. The van der Waals surface area contributed by atoms with Gasteiger partial charge in [0.2, 0.25) is 0 Å². The average Bonchev–Trinajstić information content (AvgIpc) is 2.33. The van der Waals surface area contributed by atoms with Crippen LogP contribution in [0.2, 0.25) is 0 Å². The highest BCUT2D eigenvalue weighted by atomic mass is 31.2. The van der Waals surface area contributed by atoms with Crippen molar-refractivity contribution in [2.45, 2.75) is 65.2 Å². The van der Waals surface area contributed by atoms with Crippen LogP contribution in [0.4, 0.5) is 0 Å². The molecule has 0 heterocycles. The first-order valence-corrected chi connectivity index (χ1v) is 8.54. The van der Waals surface area contributed by atoms with Crippen molar-refractivity contribution in [1.82, 2.24) is 0 Å². The lowest BCUT2D eigenvalue weighted by molar-refractivity contribution is 0.268. The van der Waals surface area contributed by atoms with E-state index >= 15 is 0 Å². The number of hydrogen-bond acceptors (Lipinski definition) is 2. The summed E-state index contributed by atoms with van der Waals surface area (Å²) in [6.45, 7) is 9.49. The van der Waals surface area contributed by atoms with Gasteiger partial charge in [0, 0.05) is 6.16 Å². The van der Waals surface area contributed by atoms with Crippen molar-refractivity contribution in [3.8, 4) is 0 Å². The molecule has 0 aliphatic rings. The molecule has 0 fully saturated rings. The van der Waals surface area contributed by atoms with E-state index < -0.39 is 8.38 Å². The Bertz CT molecular complexity index is 136. The summed E-state index contributed by atoms with van der Waals surface area (Å²) < 4.78 is 11.2. The fourth-order valence-electron chi connectivity index (χ4n) is 1.76. The highest BCUT2D eigenvalue weighted by Crippen LogP contribution is 2.38. The second kappa shape index (κ2) is 14.4. The third-order valence-electron chi connectivity index (χ3n) is 2.64. The SMILES string of the molecule is [CH2]CCCCCCCCCP(OCC)OCC. The monoisotopic (exact) mass is 261 g/mol. The Kier molecular flexibility index (Phi) is 14.7. The summed E-state index contributed by atoms with van der Waals surface area (Å²) in [4.78, 5) is 0. The molecule has 0 aromatic rings. The van der Waals surface area contributed by atoms with Gasteiger partial charge in [-0.25, -0.2) is 0 Å². The average molecular weight is 261 g/mol. The van der Waals surface area contributed by atoms with Crippen molar-refractivity contribution in [3.05, 3.63) is 6.92 Å². The maximum Gasteiger partial charge on any atom is 0.170 e. The van der Waals surface area contributed by atoms with Crippen LogP contribution < -0.4 is 0 Å². The van der Waals surface area contributed by atoms with Crippen LogP contribution in [0, 0.1) is 6.92 Å². The third-order valence-corrected chi connectivity index (χ3v) is 4.41. The van der Waals surface area contributed by atoms with E-state index in [2.05, 4.69) is 6.92 Å². The molecule has 3 heteroatoms. The summed E-state index contributed by atoms with van der Waals surface area (Å²) in [5, 5.41) is 0. The number of rotatable bonds is 13. The van der Waals surface area contributed by atoms with Gasteiger partial charge >= 0.3 is 0 Å². The third kappa shape index (κ3) is 12.6. The van der Waals surface area contributed by atoms with E-state index in [-0.39, 0.29) is 0 Å². The van der Waals surface area contributed by atoms with Gasteiger partial charge in [0.25, 0.3) is 0 Å². The highest BCUT2D eigenvalue weighted by Gasteiger charge is 2.07. The molecule has 0 saturated carbocycles. The van der Waals surface area contributed by atoms with Crippen molar-refractivity contribution in [2.75, 3.05) is 19.4 Å².